The fraction of sp³-hybridized carbons (Fsp3) is 0.438. The topological polar surface area (TPSA) is 58.1 Å². The predicted molar refractivity (Wildman–Crippen MR) is 88.0 cm³/mol. The van der Waals surface area contributed by atoms with Gasteiger partial charge in [-0.05, 0) is 36.8 Å². The number of thiophene rings is 1. The monoisotopic (exact) mass is 316 g/mol. The van der Waals surface area contributed by atoms with Gasteiger partial charge in [-0.1, -0.05) is 6.07 Å². The predicted octanol–water partition coefficient (Wildman–Crippen LogP) is 2.11. The van der Waals surface area contributed by atoms with Gasteiger partial charge in [0.1, 0.15) is 0 Å². The highest BCUT2D eigenvalue weighted by Gasteiger charge is 2.26. The fourth-order valence-corrected chi connectivity index (χ4v) is 3.44. The maximum absolute atomic E-state index is 12.3. The van der Waals surface area contributed by atoms with E-state index in [2.05, 4.69) is 31.6 Å². The summed E-state index contributed by atoms with van der Waals surface area (Å²) in [5.74, 6) is 0.900. The lowest BCUT2D eigenvalue weighted by molar-refractivity contribution is -0.125. The molecule has 116 valence electrons. The normalized spacial score (nSPS) is 18.2. The smallest absolute Gasteiger partial charge is 0.225 e. The molecule has 0 aliphatic carbocycles. The molecule has 22 heavy (non-hydrogen) atoms. The van der Waals surface area contributed by atoms with Crippen LogP contribution in [0.5, 0.6) is 0 Å². The van der Waals surface area contributed by atoms with Crippen LogP contribution in [0.15, 0.2) is 36.0 Å². The van der Waals surface area contributed by atoms with Crippen molar-refractivity contribution in [3.05, 3.63) is 40.8 Å². The average molecular weight is 316 g/mol. The van der Waals surface area contributed by atoms with Crippen molar-refractivity contribution in [2.75, 3.05) is 24.5 Å². The Morgan fingerprint density at radius 1 is 1.36 bits per heavy atom. The average Bonchev–Trinajstić information content (AvgIpc) is 3.09. The van der Waals surface area contributed by atoms with Gasteiger partial charge in [-0.2, -0.15) is 0 Å². The zero-order valence-corrected chi connectivity index (χ0v) is 13.3. The summed E-state index contributed by atoms with van der Waals surface area (Å²) in [6.07, 6.45) is 6.33. The SMILES string of the molecule is O=C(NCCc1cccs1)C1CCCN(c2ncccn2)C1. The first kappa shape index (κ1) is 15.0. The van der Waals surface area contributed by atoms with Crippen molar-refractivity contribution in [3.8, 4) is 0 Å². The minimum Gasteiger partial charge on any atom is -0.355 e. The molecule has 0 saturated carbocycles. The van der Waals surface area contributed by atoms with Gasteiger partial charge in [0.05, 0.1) is 5.92 Å². The maximum atomic E-state index is 12.3. The summed E-state index contributed by atoms with van der Waals surface area (Å²) in [6.45, 7) is 2.33. The van der Waals surface area contributed by atoms with Crippen LogP contribution < -0.4 is 10.2 Å². The molecule has 1 amide bonds. The maximum Gasteiger partial charge on any atom is 0.225 e. The second-order valence-corrected chi connectivity index (χ2v) is 6.49. The van der Waals surface area contributed by atoms with Gasteiger partial charge in [-0.25, -0.2) is 9.97 Å². The van der Waals surface area contributed by atoms with Crippen LogP contribution in [-0.2, 0) is 11.2 Å². The third kappa shape index (κ3) is 3.82. The van der Waals surface area contributed by atoms with Crippen LogP contribution in [-0.4, -0.2) is 35.5 Å². The molecule has 1 fully saturated rings. The second-order valence-electron chi connectivity index (χ2n) is 5.45. The first-order valence-electron chi connectivity index (χ1n) is 7.65. The highest BCUT2D eigenvalue weighted by molar-refractivity contribution is 7.09. The summed E-state index contributed by atoms with van der Waals surface area (Å²) in [4.78, 5) is 24.3. The van der Waals surface area contributed by atoms with E-state index in [0.717, 1.165) is 31.8 Å². The Labute approximate surface area is 134 Å². The van der Waals surface area contributed by atoms with E-state index in [4.69, 9.17) is 0 Å². The van der Waals surface area contributed by atoms with Gasteiger partial charge in [0.2, 0.25) is 11.9 Å². The van der Waals surface area contributed by atoms with Crippen molar-refractivity contribution in [2.45, 2.75) is 19.3 Å². The van der Waals surface area contributed by atoms with E-state index in [1.54, 1.807) is 23.7 Å². The summed E-state index contributed by atoms with van der Waals surface area (Å²) in [5.41, 5.74) is 0. The van der Waals surface area contributed by atoms with Crippen LogP contribution in [0.4, 0.5) is 5.95 Å². The zero-order valence-electron chi connectivity index (χ0n) is 12.4. The number of hydrogen-bond acceptors (Lipinski definition) is 5. The fourth-order valence-electron chi connectivity index (χ4n) is 2.74. The van der Waals surface area contributed by atoms with E-state index in [1.165, 1.54) is 4.88 Å². The van der Waals surface area contributed by atoms with E-state index in [-0.39, 0.29) is 11.8 Å². The molecule has 1 aliphatic rings. The lowest BCUT2D eigenvalue weighted by Gasteiger charge is -2.31. The molecule has 1 atom stereocenters. The van der Waals surface area contributed by atoms with Crippen molar-refractivity contribution in [2.24, 2.45) is 5.92 Å². The number of aromatic nitrogens is 2. The number of rotatable bonds is 5. The lowest BCUT2D eigenvalue weighted by Crippen LogP contribution is -2.44. The summed E-state index contributed by atoms with van der Waals surface area (Å²) >= 11 is 1.73. The number of anilines is 1. The first-order chi connectivity index (χ1) is 10.8. The molecule has 1 N–H and O–H groups in total. The summed E-state index contributed by atoms with van der Waals surface area (Å²) < 4.78 is 0. The molecule has 1 unspecified atom stereocenters. The van der Waals surface area contributed by atoms with Gasteiger partial charge in [-0.3, -0.25) is 4.79 Å². The van der Waals surface area contributed by atoms with Crippen LogP contribution in [0, 0.1) is 5.92 Å². The van der Waals surface area contributed by atoms with Crippen LogP contribution in [0.2, 0.25) is 0 Å². The van der Waals surface area contributed by atoms with Gasteiger partial charge in [0.15, 0.2) is 0 Å². The Hall–Kier alpha value is -1.95. The van der Waals surface area contributed by atoms with Crippen molar-refractivity contribution < 1.29 is 4.79 Å². The lowest BCUT2D eigenvalue weighted by atomic mass is 9.97. The van der Waals surface area contributed by atoms with Gasteiger partial charge in [0.25, 0.3) is 0 Å². The minimum absolute atomic E-state index is 0.0286. The number of nitrogens with one attached hydrogen (secondary N) is 1. The zero-order chi connectivity index (χ0) is 15.2. The van der Waals surface area contributed by atoms with Crippen LogP contribution in [0.3, 0.4) is 0 Å². The van der Waals surface area contributed by atoms with Crippen molar-refractivity contribution in [3.63, 3.8) is 0 Å². The molecule has 1 saturated heterocycles. The standard InChI is InChI=1S/C16H20N4OS/c21-15(17-9-6-14-5-2-11-22-14)13-4-1-10-20(12-13)16-18-7-3-8-19-16/h2-3,5,7-8,11,13H,1,4,6,9-10,12H2,(H,17,21). The van der Waals surface area contributed by atoms with E-state index in [9.17, 15) is 4.79 Å². The Bertz CT molecular complexity index is 587. The number of amides is 1. The Morgan fingerprint density at radius 3 is 3.00 bits per heavy atom. The molecule has 0 spiro atoms. The molecule has 3 rings (SSSR count). The highest BCUT2D eigenvalue weighted by atomic mass is 32.1. The van der Waals surface area contributed by atoms with Gasteiger partial charge >= 0.3 is 0 Å². The number of carbonyl (C=O) groups is 1. The van der Waals surface area contributed by atoms with Gasteiger partial charge < -0.3 is 10.2 Å². The number of carbonyl (C=O) groups excluding carboxylic acids is 1. The van der Waals surface area contributed by atoms with Crippen LogP contribution in [0.1, 0.15) is 17.7 Å². The summed E-state index contributed by atoms with van der Waals surface area (Å²) in [6, 6.07) is 5.95. The third-order valence-corrected chi connectivity index (χ3v) is 4.81. The third-order valence-electron chi connectivity index (χ3n) is 3.88. The van der Waals surface area contributed by atoms with Crippen LogP contribution in [0.25, 0.3) is 0 Å². The van der Waals surface area contributed by atoms with E-state index in [1.807, 2.05) is 12.1 Å². The Morgan fingerprint density at radius 2 is 2.23 bits per heavy atom. The molecule has 5 nitrogen and oxygen atoms in total. The molecule has 2 aromatic rings. The molecule has 2 aromatic heterocycles. The highest BCUT2D eigenvalue weighted by Crippen LogP contribution is 2.20. The Balaban J connectivity index is 1.49. The van der Waals surface area contributed by atoms with Crippen molar-refractivity contribution in [1.82, 2.24) is 15.3 Å². The largest absolute Gasteiger partial charge is 0.355 e. The van der Waals surface area contributed by atoms with Gasteiger partial charge in [0, 0.05) is 36.9 Å². The quantitative estimate of drug-likeness (QED) is 0.918. The Kier molecular flexibility index (Phi) is 5.00. The molecule has 3 heterocycles. The summed E-state index contributed by atoms with van der Waals surface area (Å²) in [7, 11) is 0. The molecule has 0 bridgehead atoms. The molecular weight excluding hydrogens is 296 g/mol. The molecule has 0 radical (unpaired) electrons. The molecule has 1 aliphatic heterocycles. The van der Waals surface area contributed by atoms with E-state index in [0.29, 0.717) is 13.1 Å². The first-order valence-corrected chi connectivity index (χ1v) is 8.53. The van der Waals surface area contributed by atoms with Crippen LogP contribution >= 0.6 is 11.3 Å². The molecular formula is C16H20N4OS. The van der Waals surface area contributed by atoms with Crippen molar-refractivity contribution in [1.29, 1.82) is 0 Å². The summed E-state index contributed by atoms with van der Waals surface area (Å²) in [5, 5.41) is 5.13. The molecule has 0 aromatic carbocycles. The van der Waals surface area contributed by atoms with Gasteiger partial charge in [-0.15, -0.1) is 11.3 Å². The van der Waals surface area contributed by atoms with Crippen molar-refractivity contribution >= 4 is 23.2 Å². The minimum atomic E-state index is 0.0286. The number of nitrogens with zero attached hydrogens (tertiary/aromatic N) is 3. The van der Waals surface area contributed by atoms with E-state index < -0.39 is 0 Å². The number of piperidine rings is 1. The second kappa shape index (κ2) is 7.35. The number of hydrogen-bond donors (Lipinski definition) is 1. The van der Waals surface area contributed by atoms with E-state index >= 15 is 0 Å². The molecule has 6 heteroatoms.